The van der Waals surface area contributed by atoms with E-state index in [1.807, 2.05) is 19.4 Å². The standard InChI is InChI=1S/C16H24N4O2S/c1-16(2,3)23(21,22)15-8-7-14(11-18-15)17-9-5-6-13-10-19-20(4)12-13/h7-8,10-12,17H,5-6,9H2,1-4H3. The quantitative estimate of drug-likeness (QED) is 0.820. The van der Waals surface area contributed by atoms with Crippen LogP contribution in [0.4, 0.5) is 5.69 Å². The first kappa shape index (κ1) is 17.5. The van der Waals surface area contributed by atoms with Crippen LogP contribution in [0.1, 0.15) is 32.8 Å². The van der Waals surface area contributed by atoms with E-state index in [-0.39, 0.29) is 5.03 Å². The number of nitrogens with one attached hydrogen (secondary N) is 1. The molecule has 2 rings (SSSR count). The summed E-state index contributed by atoms with van der Waals surface area (Å²) in [6.45, 7) is 5.82. The number of pyridine rings is 1. The van der Waals surface area contributed by atoms with E-state index in [0.717, 1.165) is 25.1 Å². The molecule has 0 saturated carbocycles. The summed E-state index contributed by atoms with van der Waals surface area (Å²) in [6.07, 6.45) is 7.36. The zero-order valence-electron chi connectivity index (χ0n) is 14.1. The molecule has 0 amide bonds. The Kier molecular flexibility index (Phi) is 5.09. The lowest BCUT2D eigenvalue weighted by Gasteiger charge is -2.18. The molecule has 0 unspecified atom stereocenters. The molecule has 0 aliphatic rings. The number of nitrogens with zero attached hydrogens (tertiary/aromatic N) is 3. The molecule has 7 heteroatoms. The molecule has 0 fully saturated rings. The van der Waals surface area contributed by atoms with E-state index in [0.29, 0.717) is 0 Å². The van der Waals surface area contributed by atoms with Crippen LogP contribution in [0.3, 0.4) is 0 Å². The third-order valence-corrected chi connectivity index (χ3v) is 5.95. The summed E-state index contributed by atoms with van der Waals surface area (Å²) in [6, 6.07) is 3.32. The Morgan fingerprint density at radius 2 is 1.96 bits per heavy atom. The van der Waals surface area contributed by atoms with Gasteiger partial charge in [-0.3, -0.25) is 4.68 Å². The molecule has 0 bridgehead atoms. The van der Waals surface area contributed by atoms with Gasteiger partial charge in [0.2, 0.25) is 0 Å². The SMILES string of the molecule is Cn1cc(CCCNc2ccc(S(=O)(=O)C(C)(C)C)nc2)cn1. The zero-order chi connectivity index (χ0) is 17.1. The van der Waals surface area contributed by atoms with Crippen LogP contribution in [0.25, 0.3) is 0 Å². The van der Waals surface area contributed by atoms with Gasteiger partial charge in [-0.05, 0) is 51.3 Å². The van der Waals surface area contributed by atoms with Crippen molar-refractivity contribution >= 4 is 15.5 Å². The topological polar surface area (TPSA) is 76.9 Å². The maximum absolute atomic E-state index is 12.3. The van der Waals surface area contributed by atoms with Gasteiger partial charge >= 0.3 is 0 Å². The summed E-state index contributed by atoms with van der Waals surface area (Å²) < 4.78 is 25.5. The van der Waals surface area contributed by atoms with E-state index < -0.39 is 14.6 Å². The third-order valence-electron chi connectivity index (χ3n) is 3.55. The Hall–Kier alpha value is -1.89. The number of hydrogen-bond acceptors (Lipinski definition) is 5. The van der Waals surface area contributed by atoms with Crippen molar-refractivity contribution in [1.82, 2.24) is 14.8 Å². The second-order valence-corrected chi connectivity index (χ2v) is 9.20. The molecule has 0 saturated heterocycles. The number of anilines is 1. The van der Waals surface area contributed by atoms with Crippen molar-refractivity contribution in [2.24, 2.45) is 7.05 Å². The van der Waals surface area contributed by atoms with E-state index in [4.69, 9.17) is 0 Å². The predicted octanol–water partition coefficient (Wildman–Crippen LogP) is 2.43. The van der Waals surface area contributed by atoms with Crippen LogP contribution in [0.5, 0.6) is 0 Å². The van der Waals surface area contributed by atoms with Crippen LogP contribution in [-0.2, 0) is 23.3 Å². The normalized spacial score (nSPS) is 12.3. The first-order valence-electron chi connectivity index (χ1n) is 7.62. The smallest absolute Gasteiger partial charge is 0.200 e. The molecule has 2 aromatic rings. The van der Waals surface area contributed by atoms with Crippen molar-refractivity contribution in [1.29, 1.82) is 0 Å². The van der Waals surface area contributed by atoms with Crippen LogP contribution in [0.2, 0.25) is 0 Å². The van der Waals surface area contributed by atoms with E-state index in [1.54, 1.807) is 43.8 Å². The molecular weight excluding hydrogens is 312 g/mol. The Labute approximate surface area is 137 Å². The lowest BCUT2D eigenvalue weighted by atomic mass is 10.2. The minimum absolute atomic E-state index is 0.117. The molecular formula is C16H24N4O2S. The van der Waals surface area contributed by atoms with Gasteiger partial charge in [0.25, 0.3) is 0 Å². The highest BCUT2D eigenvalue weighted by atomic mass is 32.2. The van der Waals surface area contributed by atoms with Crippen molar-refractivity contribution in [3.63, 3.8) is 0 Å². The molecule has 0 spiro atoms. The summed E-state index contributed by atoms with van der Waals surface area (Å²) >= 11 is 0. The van der Waals surface area contributed by atoms with E-state index in [1.165, 1.54) is 5.56 Å². The molecule has 0 aliphatic heterocycles. The Bertz CT molecular complexity index is 743. The summed E-state index contributed by atoms with van der Waals surface area (Å²) in [7, 11) is -1.50. The Morgan fingerprint density at radius 3 is 2.48 bits per heavy atom. The number of sulfone groups is 1. The molecule has 2 heterocycles. The highest BCUT2D eigenvalue weighted by Crippen LogP contribution is 2.23. The third kappa shape index (κ3) is 4.31. The van der Waals surface area contributed by atoms with E-state index in [9.17, 15) is 8.42 Å². The van der Waals surface area contributed by atoms with Crippen molar-refractivity contribution in [3.05, 3.63) is 36.3 Å². The second-order valence-electron chi connectivity index (χ2n) is 6.55. The van der Waals surface area contributed by atoms with Gasteiger partial charge < -0.3 is 5.32 Å². The lowest BCUT2D eigenvalue weighted by Crippen LogP contribution is -2.28. The van der Waals surface area contributed by atoms with Gasteiger partial charge in [-0.1, -0.05) is 0 Å². The summed E-state index contributed by atoms with van der Waals surface area (Å²) in [4.78, 5) is 4.09. The monoisotopic (exact) mass is 336 g/mol. The maximum Gasteiger partial charge on any atom is 0.200 e. The van der Waals surface area contributed by atoms with Crippen LogP contribution in [0, 0.1) is 0 Å². The highest BCUT2D eigenvalue weighted by molar-refractivity contribution is 7.92. The minimum Gasteiger partial charge on any atom is -0.384 e. The number of aromatic nitrogens is 3. The fourth-order valence-corrected chi connectivity index (χ4v) is 3.15. The average molecular weight is 336 g/mol. The second kappa shape index (κ2) is 6.70. The zero-order valence-corrected chi connectivity index (χ0v) is 14.9. The van der Waals surface area contributed by atoms with Crippen molar-refractivity contribution in [2.45, 2.75) is 43.4 Å². The fourth-order valence-electron chi connectivity index (χ4n) is 2.08. The van der Waals surface area contributed by atoms with Gasteiger partial charge in [-0.2, -0.15) is 5.10 Å². The van der Waals surface area contributed by atoms with E-state index in [2.05, 4.69) is 15.4 Å². The van der Waals surface area contributed by atoms with Gasteiger partial charge in [-0.15, -0.1) is 0 Å². The summed E-state index contributed by atoms with van der Waals surface area (Å²) in [5, 5.41) is 7.51. The van der Waals surface area contributed by atoms with Crippen molar-refractivity contribution in [2.75, 3.05) is 11.9 Å². The van der Waals surface area contributed by atoms with Crippen LogP contribution in [-0.4, -0.2) is 34.5 Å². The molecule has 2 aromatic heterocycles. The highest BCUT2D eigenvalue weighted by Gasteiger charge is 2.31. The average Bonchev–Trinajstić information content (AvgIpc) is 2.88. The first-order valence-corrected chi connectivity index (χ1v) is 9.10. The van der Waals surface area contributed by atoms with Crippen molar-refractivity contribution in [3.8, 4) is 0 Å². The maximum atomic E-state index is 12.3. The summed E-state index contributed by atoms with van der Waals surface area (Å²) in [5.41, 5.74) is 2.03. The lowest BCUT2D eigenvalue weighted by molar-refractivity contribution is 0.556. The van der Waals surface area contributed by atoms with Crippen LogP contribution in [0.15, 0.2) is 35.7 Å². The van der Waals surface area contributed by atoms with Crippen LogP contribution >= 0.6 is 0 Å². The van der Waals surface area contributed by atoms with Gasteiger partial charge in [-0.25, -0.2) is 13.4 Å². The molecule has 0 radical (unpaired) electrons. The van der Waals surface area contributed by atoms with Gasteiger partial charge in [0.15, 0.2) is 14.9 Å². The largest absolute Gasteiger partial charge is 0.384 e. The van der Waals surface area contributed by atoms with Gasteiger partial charge in [0, 0.05) is 19.8 Å². The molecule has 23 heavy (non-hydrogen) atoms. The Morgan fingerprint density at radius 1 is 1.22 bits per heavy atom. The predicted molar refractivity (Wildman–Crippen MR) is 91.2 cm³/mol. The molecule has 0 atom stereocenters. The minimum atomic E-state index is -3.40. The molecule has 1 N–H and O–H groups in total. The fraction of sp³-hybridized carbons (Fsp3) is 0.500. The number of rotatable bonds is 6. The van der Waals surface area contributed by atoms with Gasteiger partial charge in [0.05, 0.1) is 22.8 Å². The first-order chi connectivity index (χ1) is 10.7. The van der Waals surface area contributed by atoms with Crippen molar-refractivity contribution < 1.29 is 8.42 Å². The Balaban J connectivity index is 1.88. The molecule has 0 aliphatic carbocycles. The van der Waals surface area contributed by atoms with Gasteiger partial charge in [0.1, 0.15) is 0 Å². The number of aryl methyl sites for hydroxylation is 2. The molecule has 6 nitrogen and oxygen atoms in total. The summed E-state index contributed by atoms with van der Waals surface area (Å²) in [5.74, 6) is 0. The van der Waals surface area contributed by atoms with E-state index >= 15 is 0 Å². The molecule has 0 aromatic carbocycles. The van der Waals surface area contributed by atoms with Crippen LogP contribution < -0.4 is 5.32 Å². The number of hydrogen-bond donors (Lipinski definition) is 1. The molecule has 126 valence electrons.